The van der Waals surface area contributed by atoms with Gasteiger partial charge >= 0.3 is 0 Å². The average molecular weight is 852 g/mol. The van der Waals surface area contributed by atoms with Crippen molar-refractivity contribution < 1.29 is 0 Å². The minimum Gasteiger partial charge on any atom is -0.103 e. The molecule has 0 radical (unpaired) electrons. The lowest BCUT2D eigenvalue weighted by Gasteiger charge is -2.31. The number of rotatable bonds is 21. The molecule has 2 saturated carbocycles. The largest absolute Gasteiger partial charge is 0.103 e. The first-order chi connectivity index (χ1) is 28.6. The summed E-state index contributed by atoms with van der Waals surface area (Å²) < 4.78 is 0. The molecular weight excluding hydrogens is 733 g/mol. The quantitative estimate of drug-likeness (QED) is 0.0797. The molecule has 0 spiro atoms. The van der Waals surface area contributed by atoms with Crippen LogP contribution in [0.5, 0.6) is 0 Å². The lowest BCUT2D eigenvalue weighted by Crippen LogP contribution is -2.20. The second kappa shape index (κ2) is 46.2. The van der Waals surface area contributed by atoms with Crippen molar-refractivity contribution >= 4 is 0 Å². The van der Waals surface area contributed by atoms with E-state index in [1.807, 2.05) is 13.8 Å². The van der Waals surface area contributed by atoms with Crippen molar-refractivity contribution in [1.29, 1.82) is 0 Å². The zero-order chi connectivity index (χ0) is 48.4. The number of unbranched alkanes of at least 4 members (excludes halogenated alkanes) is 1. The molecule has 0 nitrogen and oxygen atoms in total. The van der Waals surface area contributed by atoms with E-state index in [2.05, 4.69) is 156 Å². The molecule has 0 aromatic rings. The van der Waals surface area contributed by atoms with Gasteiger partial charge in [0.1, 0.15) is 0 Å². The van der Waals surface area contributed by atoms with Gasteiger partial charge < -0.3 is 0 Å². The topological polar surface area (TPSA) is 0 Å². The first-order valence-corrected chi connectivity index (χ1v) is 26.0. The van der Waals surface area contributed by atoms with Crippen molar-refractivity contribution in [3.8, 4) is 0 Å². The molecule has 0 bridgehead atoms. The molecule has 0 aromatic carbocycles. The highest BCUT2D eigenvalue weighted by Crippen LogP contribution is 2.37. The molecular formula is C61H118. The zero-order valence-electron chi connectivity index (χ0n) is 45.6. The second-order valence-electron chi connectivity index (χ2n) is 20.8. The summed E-state index contributed by atoms with van der Waals surface area (Å²) in [5.74, 6) is 6.42. The zero-order valence-corrected chi connectivity index (χ0v) is 45.6. The molecule has 0 aromatic heterocycles. The summed E-state index contributed by atoms with van der Waals surface area (Å²) in [6, 6.07) is 0. The molecule has 2 rings (SSSR count). The molecule has 5 unspecified atom stereocenters. The molecule has 2 aliphatic carbocycles. The Morgan fingerprint density at radius 2 is 1.13 bits per heavy atom. The fourth-order valence-electron chi connectivity index (χ4n) is 8.07. The van der Waals surface area contributed by atoms with Gasteiger partial charge in [0.05, 0.1) is 0 Å². The summed E-state index contributed by atoms with van der Waals surface area (Å²) in [4.78, 5) is 0. The first-order valence-electron chi connectivity index (χ1n) is 26.0. The average Bonchev–Trinajstić information content (AvgIpc) is 3.69. The van der Waals surface area contributed by atoms with Crippen molar-refractivity contribution in [2.75, 3.05) is 0 Å². The highest BCUT2D eigenvalue weighted by Gasteiger charge is 2.24. The van der Waals surface area contributed by atoms with Crippen LogP contribution in [0.3, 0.4) is 0 Å². The predicted molar refractivity (Wildman–Crippen MR) is 291 cm³/mol. The van der Waals surface area contributed by atoms with Crippen LogP contribution in [0.15, 0.2) is 86.6 Å². The van der Waals surface area contributed by atoms with Crippen molar-refractivity contribution in [1.82, 2.24) is 0 Å². The smallest absolute Gasteiger partial charge is 0.0128 e. The van der Waals surface area contributed by atoms with Crippen LogP contribution in [-0.4, -0.2) is 0 Å². The molecule has 5 atom stereocenters. The molecule has 0 saturated heterocycles. The van der Waals surface area contributed by atoms with Gasteiger partial charge in [0.25, 0.3) is 0 Å². The predicted octanol–water partition coefficient (Wildman–Crippen LogP) is 22.2. The molecule has 0 amide bonds. The number of allylic oxidation sites excluding steroid dienone is 7. The second-order valence-corrected chi connectivity index (χ2v) is 20.8. The van der Waals surface area contributed by atoms with Crippen molar-refractivity contribution in [3.63, 3.8) is 0 Å². The minimum atomic E-state index is 0.500. The summed E-state index contributed by atoms with van der Waals surface area (Å²) in [7, 11) is 0. The summed E-state index contributed by atoms with van der Waals surface area (Å²) in [5, 5.41) is 0. The van der Waals surface area contributed by atoms with Gasteiger partial charge in [0.2, 0.25) is 0 Å². The Balaban J connectivity index is -0.000000222. The van der Waals surface area contributed by atoms with E-state index in [-0.39, 0.29) is 0 Å². The van der Waals surface area contributed by atoms with Gasteiger partial charge in [-0.15, -0.1) is 19.7 Å². The number of hydrogen-bond donors (Lipinski definition) is 0. The Morgan fingerprint density at radius 1 is 0.672 bits per heavy atom. The van der Waals surface area contributed by atoms with Gasteiger partial charge in [-0.2, -0.15) is 0 Å². The van der Waals surface area contributed by atoms with Crippen LogP contribution in [-0.2, 0) is 0 Å². The van der Waals surface area contributed by atoms with Gasteiger partial charge in [-0.1, -0.05) is 248 Å². The van der Waals surface area contributed by atoms with E-state index in [1.165, 1.54) is 145 Å². The minimum absolute atomic E-state index is 0.500. The molecule has 362 valence electrons. The monoisotopic (exact) mass is 851 g/mol. The van der Waals surface area contributed by atoms with Gasteiger partial charge in [-0.05, 0) is 125 Å². The molecule has 0 N–H and O–H groups in total. The van der Waals surface area contributed by atoms with E-state index in [9.17, 15) is 0 Å². The summed E-state index contributed by atoms with van der Waals surface area (Å²) in [6.07, 6.45) is 34.2. The van der Waals surface area contributed by atoms with Crippen LogP contribution in [0, 0.1) is 52.8 Å². The lowest BCUT2D eigenvalue weighted by atomic mass is 9.74. The SMILES string of the molecule is C=C(C)C(=C)C(CCC)CC(=C)C(C)CC(C)CC.C=C(C)C(CC1CCCCC1)C(CC)CC.C=CC.C=CC.C=CC(CC)CCCC.CC(C)(C)C.CC1CCCC1. The van der Waals surface area contributed by atoms with E-state index in [1.54, 1.807) is 12.2 Å². The Bertz CT molecular complexity index is 1010. The molecule has 61 heavy (non-hydrogen) atoms. The Hall–Kier alpha value is -1.82. The van der Waals surface area contributed by atoms with Crippen molar-refractivity contribution in [2.24, 2.45) is 52.8 Å². The Kier molecular flexibility index (Phi) is 51.7. The van der Waals surface area contributed by atoms with Gasteiger partial charge in [-0.3, -0.25) is 0 Å². The van der Waals surface area contributed by atoms with Crippen LogP contribution in [0.4, 0.5) is 0 Å². The van der Waals surface area contributed by atoms with Gasteiger partial charge in [0, 0.05) is 0 Å². The summed E-state index contributed by atoms with van der Waals surface area (Å²) >= 11 is 0. The Morgan fingerprint density at radius 3 is 1.44 bits per heavy atom. The van der Waals surface area contributed by atoms with E-state index in [4.69, 9.17) is 0 Å². The lowest BCUT2D eigenvalue weighted by molar-refractivity contribution is 0.247. The van der Waals surface area contributed by atoms with E-state index >= 15 is 0 Å². The van der Waals surface area contributed by atoms with Crippen LogP contribution >= 0.6 is 0 Å². The molecule has 0 heterocycles. The Labute approximate surface area is 390 Å². The van der Waals surface area contributed by atoms with Crippen LogP contribution < -0.4 is 0 Å². The van der Waals surface area contributed by atoms with E-state index < -0.39 is 0 Å². The highest BCUT2D eigenvalue weighted by atomic mass is 14.3. The van der Waals surface area contributed by atoms with Crippen molar-refractivity contribution in [3.05, 3.63) is 86.6 Å². The maximum absolute atomic E-state index is 4.33. The fourth-order valence-corrected chi connectivity index (χ4v) is 8.07. The third-order valence-corrected chi connectivity index (χ3v) is 12.3. The maximum Gasteiger partial charge on any atom is -0.0128 e. The first kappa shape index (κ1) is 68.2. The molecule has 0 aliphatic heterocycles. The van der Waals surface area contributed by atoms with Gasteiger partial charge in [0.15, 0.2) is 0 Å². The standard InChI is InChI=1S/C19H34.C16H30.C9H18.C6H12.C5H12.2C3H6/c1-9-11-19(18(8)14(3)4)13-17(7)16(6)12-15(5)10-2;1-5-15(6-2)16(13(3)4)12-14-10-8-7-9-11-14;1-4-7-8-9(5-2)6-3;1-6-4-2-3-5-6;1-5(2,3)4;2*1-3-2/h15-16,19H,3,7-13H2,1-2,4-6H3;14-16H,3,5-12H2,1-2,4H3;5,9H,2,4,6-8H2,1,3H3;6H,2-5H2,1H3;1-4H3;2*3H,1H2,2H3. The molecule has 2 aliphatic rings. The normalized spacial score (nSPS) is 16.0. The molecule has 2 fully saturated rings. The van der Waals surface area contributed by atoms with Crippen LogP contribution in [0.1, 0.15) is 253 Å². The summed E-state index contributed by atoms with van der Waals surface area (Å²) in [6.45, 7) is 64.8. The molecule has 0 heteroatoms. The van der Waals surface area contributed by atoms with E-state index in [0.29, 0.717) is 17.3 Å². The maximum atomic E-state index is 4.33. The van der Waals surface area contributed by atoms with Gasteiger partial charge in [-0.25, -0.2) is 0 Å². The van der Waals surface area contributed by atoms with E-state index in [0.717, 1.165) is 47.5 Å². The third-order valence-electron chi connectivity index (χ3n) is 12.3. The van der Waals surface area contributed by atoms with Crippen molar-refractivity contribution in [2.45, 2.75) is 253 Å². The van der Waals surface area contributed by atoms with Crippen LogP contribution in [0.25, 0.3) is 0 Å². The highest BCUT2D eigenvalue weighted by molar-refractivity contribution is 5.27. The third kappa shape index (κ3) is 47.5. The number of hydrogen-bond acceptors (Lipinski definition) is 0. The van der Waals surface area contributed by atoms with Crippen LogP contribution in [0.2, 0.25) is 0 Å². The fraction of sp³-hybridized carbons (Fsp3) is 0.770. The summed E-state index contributed by atoms with van der Waals surface area (Å²) in [5.41, 5.74) is 5.67.